The number of aromatic nitrogens is 2. The lowest BCUT2D eigenvalue weighted by molar-refractivity contribution is -0.172. The van der Waals surface area contributed by atoms with Crippen molar-refractivity contribution in [2.45, 2.75) is 96.3 Å². The third kappa shape index (κ3) is 6.71. The Bertz CT molecular complexity index is 1750. The molecule has 13 heteroatoms. The van der Waals surface area contributed by atoms with Gasteiger partial charge in [-0.2, -0.15) is 0 Å². The van der Waals surface area contributed by atoms with Crippen LogP contribution >= 0.6 is 0 Å². The minimum atomic E-state index is -1.89. The number of esters is 1. The van der Waals surface area contributed by atoms with Crippen molar-refractivity contribution in [3.8, 4) is 17.1 Å². The Hall–Kier alpha value is -4.07. The van der Waals surface area contributed by atoms with Crippen LogP contribution in [0.1, 0.15) is 67.7 Å². The number of nitrogens with zero attached hydrogens (tertiary/aromatic N) is 2. The number of pyridine rings is 2. The first-order valence-electron chi connectivity index (χ1n) is 15.9. The number of carbonyl (C=O) groups is 3. The third-order valence-corrected chi connectivity index (χ3v) is 10.6. The van der Waals surface area contributed by atoms with Crippen LogP contribution < -0.4 is 21.1 Å². The molecular formula is C33H42N4O8Si. The quantitative estimate of drug-likeness (QED) is 0.0567. The van der Waals surface area contributed by atoms with Crippen LogP contribution in [0.15, 0.2) is 29.1 Å². The Labute approximate surface area is 268 Å². The summed E-state index contributed by atoms with van der Waals surface area (Å²) in [5, 5.41) is 23.4. The molecule has 46 heavy (non-hydrogen) atoms. The van der Waals surface area contributed by atoms with E-state index in [0.717, 1.165) is 48.2 Å². The number of hydrogen-bond acceptors (Lipinski definition) is 9. The van der Waals surface area contributed by atoms with E-state index in [2.05, 4.69) is 25.0 Å². The summed E-state index contributed by atoms with van der Waals surface area (Å²) in [6.07, 6.45) is 3.53. The first-order valence-corrected chi connectivity index (χ1v) is 19.6. The number of unbranched alkanes of at least 4 members (excludes halogenated alkanes) is 3. The first kappa shape index (κ1) is 33.3. The van der Waals surface area contributed by atoms with E-state index in [9.17, 15) is 24.3 Å². The molecule has 0 saturated carbocycles. The Morgan fingerprint density at radius 3 is 2.59 bits per heavy atom. The normalized spacial score (nSPS) is 16.8. The fraction of sp³-hybridized carbons (Fsp3) is 0.485. The second-order valence-corrected chi connectivity index (χ2v) is 18.9. The summed E-state index contributed by atoms with van der Waals surface area (Å²) in [7, 11) is -1.48. The summed E-state index contributed by atoms with van der Waals surface area (Å²) in [6, 6.07) is 8.04. The Kier molecular flexibility index (Phi) is 9.66. The topological polar surface area (TPSA) is 169 Å². The number of benzene rings is 1. The second kappa shape index (κ2) is 13.3. The van der Waals surface area contributed by atoms with Crippen molar-refractivity contribution in [3.63, 3.8) is 0 Å². The van der Waals surface area contributed by atoms with Gasteiger partial charge < -0.3 is 24.5 Å². The summed E-state index contributed by atoms with van der Waals surface area (Å²) in [5.74, 6) is -0.785. The molecule has 246 valence electrons. The third-order valence-electron chi connectivity index (χ3n) is 8.84. The van der Waals surface area contributed by atoms with Crippen molar-refractivity contribution in [1.29, 1.82) is 0 Å². The molecule has 0 unspecified atom stereocenters. The van der Waals surface area contributed by atoms with E-state index in [-0.39, 0.29) is 36.1 Å². The molecule has 2 aromatic heterocycles. The van der Waals surface area contributed by atoms with E-state index in [4.69, 9.17) is 19.7 Å². The molecule has 0 saturated heterocycles. The van der Waals surface area contributed by atoms with E-state index in [1.165, 1.54) is 0 Å². The summed E-state index contributed by atoms with van der Waals surface area (Å²) in [4.78, 5) is 54.9. The number of aliphatic hydroxyl groups is 1. The number of carbonyl (C=O) groups excluding carboxylic acids is 3. The highest BCUT2D eigenvalue weighted by molar-refractivity contribution is 6.76. The number of rotatable bonds is 12. The molecule has 3 aromatic rings. The molecule has 0 aliphatic carbocycles. The van der Waals surface area contributed by atoms with E-state index in [1.807, 2.05) is 6.07 Å². The summed E-state index contributed by atoms with van der Waals surface area (Å²) in [6.45, 7) is 9.13. The summed E-state index contributed by atoms with van der Waals surface area (Å²) >= 11 is 0. The molecule has 0 bridgehead atoms. The lowest BCUT2D eigenvalue weighted by Crippen LogP contribution is -2.44. The van der Waals surface area contributed by atoms with Gasteiger partial charge in [0.1, 0.15) is 12.4 Å². The van der Waals surface area contributed by atoms with Gasteiger partial charge in [0, 0.05) is 37.6 Å². The van der Waals surface area contributed by atoms with Crippen molar-refractivity contribution in [3.05, 3.63) is 56.9 Å². The molecule has 4 heterocycles. The van der Waals surface area contributed by atoms with Crippen molar-refractivity contribution < 1.29 is 34.2 Å². The van der Waals surface area contributed by atoms with Gasteiger partial charge in [-0.05, 0) is 55.5 Å². The van der Waals surface area contributed by atoms with Crippen molar-refractivity contribution >= 4 is 36.9 Å². The van der Waals surface area contributed by atoms with Crippen molar-refractivity contribution in [1.82, 2.24) is 20.3 Å². The number of fused-ring (bicyclic) bond motifs is 5. The molecule has 0 fully saturated rings. The standard InChI is InChI=1S/C33H42N4O8Si/c1-5-33(42)25-17-27-29-23(18-37(27)30(39)24(25)19-44-31(33)40)21(13-15-46(2,3)4)22-16-20(11-12-26(22)35-29)45-32(41)34-14-9-7-6-8-10-28(38)36-43/h11-12,16-17,42-43H,5-10,13-15,18-19H2,1-4H3,(H,34,41)(H,36,38)/t33-/m0/s1. The number of aryl methyl sites for hydroxylation is 1. The Morgan fingerprint density at radius 1 is 1.11 bits per heavy atom. The van der Waals surface area contributed by atoms with E-state index in [0.29, 0.717) is 42.2 Å². The predicted molar refractivity (Wildman–Crippen MR) is 173 cm³/mol. The van der Waals surface area contributed by atoms with Crippen LogP contribution in [0.2, 0.25) is 25.7 Å². The minimum absolute atomic E-state index is 0.0725. The maximum absolute atomic E-state index is 13.7. The Morgan fingerprint density at radius 2 is 1.87 bits per heavy atom. The molecule has 2 aliphatic rings. The van der Waals surface area contributed by atoms with Gasteiger partial charge >= 0.3 is 12.1 Å². The van der Waals surface area contributed by atoms with Crippen LogP contribution in [-0.4, -0.2) is 52.5 Å². The fourth-order valence-corrected chi connectivity index (χ4v) is 7.14. The Balaban J connectivity index is 1.42. The van der Waals surface area contributed by atoms with Gasteiger partial charge in [0.25, 0.3) is 5.56 Å². The minimum Gasteiger partial charge on any atom is -0.458 e. The molecular weight excluding hydrogens is 608 g/mol. The zero-order valence-corrected chi connectivity index (χ0v) is 27.8. The number of amides is 2. The van der Waals surface area contributed by atoms with Crippen LogP contribution in [0.3, 0.4) is 0 Å². The number of hydrogen-bond donors (Lipinski definition) is 4. The smallest absolute Gasteiger partial charge is 0.412 e. The van der Waals surface area contributed by atoms with Crippen LogP contribution in [0.25, 0.3) is 22.3 Å². The zero-order chi connectivity index (χ0) is 33.2. The molecule has 0 radical (unpaired) electrons. The number of nitrogens with one attached hydrogen (secondary N) is 2. The van der Waals surface area contributed by atoms with Gasteiger partial charge in [0.05, 0.1) is 29.0 Å². The van der Waals surface area contributed by atoms with Gasteiger partial charge in [0.15, 0.2) is 5.60 Å². The van der Waals surface area contributed by atoms with Crippen molar-refractivity contribution in [2.24, 2.45) is 0 Å². The maximum atomic E-state index is 13.7. The van der Waals surface area contributed by atoms with Crippen LogP contribution in [-0.2, 0) is 39.5 Å². The van der Waals surface area contributed by atoms with Crippen LogP contribution in [0.4, 0.5) is 4.79 Å². The van der Waals surface area contributed by atoms with E-state index < -0.39 is 31.6 Å². The average molecular weight is 651 g/mol. The van der Waals surface area contributed by atoms with Crippen LogP contribution in [0.5, 0.6) is 5.75 Å². The SMILES string of the molecule is CC[C@@]1(O)C(=O)OCc2c1cc1n(c2=O)Cc2c-1nc1ccc(OC(=O)NCCCCCCC(=O)NO)cc1c2CC[Si](C)(C)C. The molecule has 1 aromatic carbocycles. The molecule has 2 amide bonds. The molecule has 5 rings (SSSR count). The predicted octanol–water partition coefficient (Wildman–Crippen LogP) is 4.50. The average Bonchev–Trinajstić information content (AvgIpc) is 3.38. The first-order chi connectivity index (χ1) is 21.9. The van der Waals surface area contributed by atoms with Gasteiger partial charge in [-0.25, -0.2) is 20.1 Å². The van der Waals surface area contributed by atoms with Gasteiger partial charge in [-0.15, -0.1) is 0 Å². The van der Waals surface area contributed by atoms with Crippen LogP contribution in [0, 0.1) is 0 Å². The largest absolute Gasteiger partial charge is 0.458 e. The number of cyclic esters (lactones) is 1. The highest BCUT2D eigenvalue weighted by atomic mass is 28.3. The van der Waals surface area contributed by atoms with E-state index in [1.54, 1.807) is 35.2 Å². The number of hydroxylamine groups is 1. The zero-order valence-electron chi connectivity index (χ0n) is 26.8. The summed E-state index contributed by atoms with van der Waals surface area (Å²) in [5.41, 5.74) is 3.84. The maximum Gasteiger partial charge on any atom is 0.412 e. The highest BCUT2D eigenvalue weighted by Gasteiger charge is 2.45. The van der Waals surface area contributed by atoms with E-state index >= 15 is 0 Å². The second-order valence-electron chi connectivity index (χ2n) is 13.3. The van der Waals surface area contributed by atoms with Gasteiger partial charge in [0.2, 0.25) is 5.91 Å². The van der Waals surface area contributed by atoms with Gasteiger partial charge in [-0.3, -0.25) is 14.8 Å². The molecule has 1 atom stereocenters. The molecule has 4 N–H and O–H groups in total. The summed E-state index contributed by atoms with van der Waals surface area (Å²) < 4.78 is 12.5. The fourth-order valence-electron chi connectivity index (χ4n) is 6.14. The molecule has 12 nitrogen and oxygen atoms in total. The number of ether oxygens (including phenoxy) is 2. The molecule has 2 aliphatic heterocycles. The van der Waals surface area contributed by atoms with Gasteiger partial charge in [-0.1, -0.05) is 45.5 Å². The monoisotopic (exact) mass is 650 g/mol. The molecule has 0 spiro atoms. The lowest BCUT2D eigenvalue weighted by atomic mass is 9.86. The van der Waals surface area contributed by atoms with Crippen molar-refractivity contribution in [2.75, 3.05) is 6.54 Å². The lowest BCUT2D eigenvalue weighted by Gasteiger charge is -2.31. The highest BCUT2D eigenvalue weighted by Crippen LogP contribution is 2.41.